The first kappa shape index (κ1) is 16.7. The van der Waals surface area contributed by atoms with E-state index in [9.17, 15) is 0 Å². The maximum atomic E-state index is 3.65. The van der Waals surface area contributed by atoms with E-state index in [1.807, 2.05) is 0 Å². The quantitative estimate of drug-likeness (QED) is 0.812. The molecule has 0 saturated heterocycles. The lowest BCUT2D eigenvalue weighted by molar-refractivity contribution is 0.242. The molecule has 1 aromatic rings. The van der Waals surface area contributed by atoms with E-state index in [-0.39, 0.29) is 0 Å². The molecule has 1 aromatic carbocycles. The van der Waals surface area contributed by atoms with Gasteiger partial charge >= 0.3 is 0 Å². The molecule has 0 fully saturated rings. The Kier molecular flexibility index (Phi) is 7.05. The lowest BCUT2D eigenvalue weighted by Crippen LogP contribution is -2.39. The number of benzene rings is 1. The number of nitrogens with one attached hydrogen (secondary N) is 1. The first-order chi connectivity index (χ1) is 8.90. The van der Waals surface area contributed by atoms with Crippen LogP contribution in [-0.4, -0.2) is 31.6 Å². The summed E-state index contributed by atoms with van der Waals surface area (Å²) in [6.07, 6.45) is 1.23. The van der Waals surface area contributed by atoms with Crippen LogP contribution in [0.5, 0.6) is 0 Å². The summed E-state index contributed by atoms with van der Waals surface area (Å²) in [6, 6.07) is 9.49. The minimum atomic E-state index is 0.382. The number of rotatable bonds is 7. The summed E-state index contributed by atoms with van der Waals surface area (Å²) in [5.74, 6) is 0.732. The van der Waals surface area contributed by atoms with Gasteiger partial charge in [-0.1, -0.05) is 41.9 Å². The van der Waals surface area contributed by atoms with Gasteiger partial charge in [0.05, 0.1) is 0 Å². The van der Waals surface area contributed by atoms with Crippen molar-refractivity contribution in [3.05, 3.63) is 34.3 Å². The summed E-state index contributed by atoms with van der Waals surface area (Å²) in [7, 11) is 4.33. The van der Waals surface area contributed by atoms with Crippen LogP contribution >= 0.6 is 15.9 Å². The molecule has 0 aromatic heterocycles. The number of halogens is 1. The van der Waals surface area contributed by atoms with E-state index >= 15 is 0 Å². The van der Waals surface area contributed by atoms with Crippen LogP contribution in [0.2, 0.25) is 0 Å². The Hall–Kier alpha value is -0.380. The number of likely N-dealkylation sites (N-methyl/N-ethyl adjacent to an activating group) is 1. The molecule has 0 heterocycles. The van der Waals surface area contributed by atoms with Crippen molar-refractivity contribution in [1.29, 1.82) is 0 Å². The summed E-state index contributed by atoms with van der Waals surface area (Å²) in [6.45, 7) is 7.82. The van der Waals surface area contributed by atoms with Crippen molar-refractivity contribution in [3.8, 4) is 0 Å². The fourth-order valence-corrected chi connectivity index (χ4v) is 2.64. The monoisotopic (exact) mass is 326 g/mol. The average Bonchev–Trinajstić information content (AvgIpc) is 2.33. The van der Waals surface area contributed by atoms with Gasteiger partial charge in [-0.2, -0.15) is 0 Å². The van der Waals surface area contributed by atoms with Gasteiger partial charge in [0.1, 0.15) is 0 Å². The van der Waals surface area contributed by atoms with Gasteiger partial charge in [0.2, 0.25) is 0 Å². The Morgan fingerprint density at radius 2 is 1.89 bits per heavy atom. The van der Waals surface area contributed by atoms with Crippen molar-refractivity contribution in [2.24, 2.45) is 5.92 Å². The van der Waals surface area contributed by atoms with Crippen molar-refractivity contribution in [3.63, 3.8) is 0 Å². The van der Waals surface area contributed by atoms with E-state index in [2.05, 4.69) is 85.3 Å². The van der Waals surface area contributed by atoms with Crippen molar-refractivity contribution >= 4 is 15.9 Å². The van der Waals surface area contributed by atoms with Gasteiger partial charge in [-0.25, -0.2) is 0 Å². The lowest BCUT2D eigenvalue weighted by Gasteiger charge is -2.28. The highest BCUT2D eigenvalue weighted by atomic mass is 79.9. The van der Waals surface area contributed by atoms with Gasteiger partial charge in [0, 0.05) is 23.1 Å². The summed E-state index contributed by atoms with van der Waals surface area (Å²) in [4.78, 5) is 2.32. The van der Waals surface area contributed by atoms with Crippen molar-refractivity contribution in [2.45, 2.75) is 39.3 Å². The second-order valence-corrected chi connectivity index (χ2v) is 6.85. The zero-order chi connectivity index (χ0) is 14.4. The van der Waals surface area contributed by atoms with Gasteiger partial charge in [-0.15, -0.1) is 0 Å². The Morgan fingerprint density at radius 3 is 2.42 bits per heavy atom. The van der Waals surface area contributed by atoms with Crippen LogP contribution in [-0.2, 0) is 0 Å². The number of hydrogen-bond acceptors (Lipinski definition) is 2. The largest absolute Gasteiger partial charge is 0.309 e. The van der Waals surface area contributed by atoms with E-state index < -0.39 is 0 Å². The highest BCUT2D eigenvalue weighted by molar-refractivity contribution is 9.10. The molecule has 0 radical (unpaired) electrons. The predicted octanol–water partition coefficient (Wildman–Crippen LogP) is 4.08. The van der Waals surface area contributed by atoms with Gasteiger partial charge in [0.25, 0.3) is 0 Å². The number of nitrogens with zero attached hydrogens (tertiary/aromatic N) is 1. The van der Waals surface area contributed by atoms with Crippen molar-refractivity contribution in [1.82, 2.24) is 10.2 Å². The fourth-order valence-electron chi connectivity index (χ4n) is 2.23. The molecule has 0 aliphatic heterocycles. The highest BCUT2D eigenvalue weighted by Crippen LogP contribution is 2.18. The fraction of sp³-hybridized carbons (Fsp3) is 0.625. The molecule has 0 aliphatic rings. The molecule has 2 nitrogen and oxygen atoms in total. The maximum Gasteiger partial charge on any atom is 0.0292 e. The Morgan fingerprint density at radius 1 is 1.21 bits per heavy atom. The Balaban J connectivity index is 2.54. The second kappa shape index (κ2) is 8.03. The Labute approximate surface area is 126 Å². The minimum absolute atomic E-state index is 0.382. The zero-order valence-electron chi connectivity index (χ0n) is 12.8. The topological polar surface area (TPSA) is 15.3 Å². The van der Waals surface area contributed by atoms with E-state index in [0.717, 1.165) is 16.9 Å². The van der Waals surface area contributed by atoms with Crippen LogP contribution in [0.25, 0.3) is 0 Å². The molecule has 1 rings (SSSR count). The molecular formula is C16H27BrN2. The third-order valence-electron chi connectivity index (χ3n) is 3.48. The molecule has 0 aliphatic carbocycles. The molecule has 0 amide bonds. The normalized spacial score (nSPS) is 14.9. The van der Waals surface area contributed by atoms with Crippen LogP contribution in [0, 0.1) is 5.92 Å². The smallest absolute Gasteiger partial charge is 0.0292 e. The van der Waals surface area contributed by atoms with Gasteiger partial charge < -0.3 is 10.2 Å². The minimum Gasteiger partial charge on any atom is -0.309 e. The first-order valence-corrected chi connectivity index (χ1v) is 7.84. The third kappa shape index (κ3) is 6.07. The third-order valence-corrected chi connectivity index (χ3v) is 3.98. The van der Waals surface area contributed by atoms with Gasteiger partial charge in [0.15, 0.2) is 0 Å². The highest BCUT2D eigenvalue weighted by Gasteiger charge is 2.14. The van der Waals surface area contributed by atoms with Crippen LogP contribution in [0.15, 0.2) is 28.7 Å². The molecule has 0 saturated carbocycles. The van der Waals surface area contributed by atoms with Crippen LogP contribution in [0.1, 0.15) is 38.8 Å². The Bertz CT molecular complexity index is 377. The predicted molar refractivity (Wildman–Crippen MR) is 87.5 cm³/mol. The van der Waals surface area contributed by atoms with E-state index in [1.54, 1.807) is 0 Å². The molecule has 2 unspecified atom stereocenters. The molecule has 108 valence electrons. The molecule has 2 atom stereocenters. The SMILES string of the molecule is CC(C)CC(CNC(C)c1cccc(Br)c1)N(C)C. The average molecular weight is 327 g/mol. The van der Waals surface area contributed by atoms with E-state index in [4.69, 9.17) is 0 Å². The van der Waals surface area contributed by atoms with Gasteiger partial charge in [-0.3, -0.25) is 0 Å². The first-order valence-electron chi connectivity index (χ1n) is 7.05. The summed E-state index contributed by atoms with van der Waals surface area (Å²) in [5, 5.41) is 3.65. The van der Waals surface area contributed by atoms with Gasteiger partial charge in [-0.05, 0) is 51.1 Å². The summed E-state index contributed by atoms with van der Waals surface area (Å²) >= 11 is 3.53. The van der Waals surface area contributed by atoms with Crippen molar-refractivity contribution < 1.29 is 0 Å². The van der Waals surface area contributed by atoms with Crippen LogP contribution in [0.4, 0.5) is 0 Å². The summed E-state index contributed by atoms with van der Waals surface area (Å²) in [5.41, 5.74) is 1.33. The van der Waals surface area contributed by atoms with Crippen molar-refractivity contribution in [2.75, 3.05) is 20.6 Å². The summed E-state index contributed by atoms with van der Waals surface area (Å²) < 4.78 is 1.14. The number of hydrogen-bond donors (Lipinski definition) is 1. The molecule has 19 heavy (non-hydrogen) atoms. The van der Waals surface area contributed by atoms with Crippen LogP contribution in [0.3, 0.4) is 0 Å². The zero-order valence-corrected chi connectivity index (χ0v) is 14.4. The molecule has 3 heteroatoms. The molecule has 1 N–H and O–H groups in total. The van der Waals surface area contributed by atoms with E-state index in [1.165, 1.54) is 12.0 Å². The van der Waals surface area contributed by atoms with E-state index in [0.29, 0.717) is 12.1 Å². The standard InChI is InChI=1S/C16H27BrN2/c1-12(2)9-16(19(4)5)11-18-13(3)14-7-6-8-15(17)10-14/h6-8,10,12-13,16,18H,9,11H2,1-5H3. The maximum absolute atomic E-state index is 3.65. The second-order valence-electron chi connectivity index (χ2n) is 5.93. The lowest BCUT2D eigenvalue weighted by atomic mass is 10.0. The van der Waals surface area contributed by atoms with Crippen LogP contribution < -0.4 is 5.32 Å². The molecular weight excluding hydrogens is 300 g/mol. The molecule has 0 bridgehead atoms. The molecule has 0 spiro atoms.